The smallest absolute Gasteiger partial charge is 0.0766 e. The SMILES string of the molecule is CC.CCc1ccc(C(C)(C)C#N)cc1. The molecule has 1 rings (SSSR count). The second-order valence-electron chi connectivity index (χ2n) is 3.79. The summed E-state index contributed by atoms with van der Waals surface area (Å²) in [5.41, 5.74) is 2.04. The molecule has 1 nitrogen and oxygen atoms in total. The minimum atomic E-state index is -0.369. The molecule has 0 aliphatic heterocycles. The van der Waals surface area contributed by atoms with Gasteiger partial charge in [-0.3, -0.25) is 0 Å². The highest BCUT2D eigenvalue weighted by Gasteiger charge is 2.18. The van der Waals surface area contributed by atoms with E-state index in [9.17, 15) is 0 Å². The highest BCUT2D eigenvalue weighted by Crippen LogP contribution is 2.22. The average molecular weight is 203 g/mol. The van der Waals surface area contributed by atoms with Gasteiger partial charge in [-0.2, -0.15) is 5.26 Å². The molecule has 0 aliphatic carbocycles. The normalized spacial score (nSPS) is 9.87. The van der Waals surface area contributed by atoms with Gasteiger partial charge in [0, 0.05) is 0 Å². The Morgan fingerprint density at radius 2 is 1.60 bits per heavy atom. The summed E-state index contributed by atoms with van der Waals surface area (Å²) in [6.45, 7) is 10.0. The molecule has 0 N–H and O–H groups in total. The largest absolute Gasteiger partial charge is 0.197 e. The summed E-state index contributed by atoms with van der Waals surface area (Å²) in [4.78, 5) is 0. The zero-order chi connectivity index (χ0) is 11.9. The van der Waals surface area contributed by atoms with Crippen LogP contribution in [0.1, 0.15) is 45.7 Å². The van der Waals surface area contributed by atoms with E-state index in [1.54, 1.807) is 0 Å². The van der Waals surface area contributed by atoms with Gasteiger partial charge in [0.25, 0.3) is 0 Å². The van der Waals surface area contributed by atoms with Crippen LogP contribution in [0, 0.1) is 11.3 Å². The summed E-state index contributed by atoms with van der Waals surface area (Å²) in [7, 11) is 0. The molecule has 0 fully saturated rings. The molecule has 0 saturated heterocycles. The minimum Gasteiger partial charge on any atom is -0.197 e. The standard InChI is InChI=1S/C12H15N.C2H6/c1-4-10-5-7-11(8-6-10)12(2,3)9-13;1-2/h5-8H,4H2,1-3H3;1-2H3. The number of hydrogen-bond acceptors (Lipinski definition) is 1. The van der Waals surface area contributed by atoms with Crippen molar-refractivity contribution in [2.75, 3.05) is 0 Å². The van der Waals surface area contributed by atoms with E-state index in [-0.39, 0.29) is 5.41 Å². The fraction of sp³-hybridized carbons (Fsp3) is 0.500. The molecule has 0 bridgehead atoms. The molecule has 0 heterocycles. The Bertz CT molecular complexity index is 314. The van der Waals surface area contributed by atoms with E-state index >= 15 is 0 Å². The van der Waals surface area contributed by atoms with Crippen LogP contribution in [0.3, 0.4) is 0 Å². The average Bonchev–Trinajstić information content (AvgIpc) is 2.32. The van der Waals surface area contributed by atoms with Gasteiger partial charge >= 0.3 is 0 Å². The fourth-order valence-electron chi connectivity index (χ4n) is 1.22. The van der Waals surface area contributed by atoms with Gasteiger partial charge in [-0.15, -0.1) is 0 Å². The summed E-state index contributed by atoms with van der Waals surface area (Å²) in [6, 6.07) is 10.6. The number of nitriles is 1. The molecule has 0 saturated carbocycles. The topological polar surface area (TPSA) is 23.8 Å². The Labute approximate surface area is 93.7 Å². The summed E-state index contributed by atoms with van der Waals surface area (Å²) in [6.07, 6.45) is 1.05. The summed E-state index contributed by atoms with van der Waals surface area (Å²) < 4.78 is 0. The Balaban J connectivity index is 0.000000921. The van der Waals surface area contributed by atoms with Crippen molar-refractivity contribution in [3.05, 3.63) is 35.4 Å². The molecule has 0 atom stereocenters. The van der Waals surface area contributed by atoms with E-state index in [0.717, 1.165) is 12.0 Å². The molecule has 0 amide bonds. The molecule has 1 heteroatoms. The zero-order valence-electron chi connectivity index (χ0n) is 10.5. The van der Waals surface area contributed by atoms with Crippen LogP contribution in [0.15, 0.2) is 24.3 Å². The predicted molar refractivity (Wildman–Crippen MR) is 65.8 cm³/mol. The van der Waals surface area contributed by atoms with E-state index in [0.29, 0.717) is 0 Å². The van der Waals surface area contributed by atoms with Crippen molar-refractivity contribution >= 4 is 0 Å². The van der Waals surface area contributed by atoms with Crippen LogP contribution < -0.4 is 0 Å². The number of nitrogens with zero attached hydrogens (tertiary/aromatic N) is 1. The second kappa shape index (κ2) is 6.24. The first-order valence-corrected chi connectivity index (χ1v) is 5.61. The summed E-state index contributed by atoms with van der Waals surface area (Å²) in [5, 5.41) is 8.92. The third-order valence-corrected chi connectivity index (χ3v) is 2.36. The van der Waals surface area contributed by atoms with E-state index in [4.69, 9.17) is 5.26 Å². The summed E-state index contributed by atoms with van der Waals surface area (Å²) >= 11 is 0. The molecular formula is C14H21N. The van der Waals surface area contributed by atoms with Gasteiger partial charge in [0.2, 0.25) is 0 Å². The van der Waals surface area contributed by atoms with Crippen LogP contribution in [0.4, 0.5) is 0 Å². The minimum absolute atomic E-state index is 0.369. The van der Waals surface area contributed by atoms with E-state index in [2.05, 4.69) is 25.1 Å². The summed E-state index contributed by atoms with van der Waals surface area (Å²) in [5.74, 6) is 0. The van der Waals surface area contributed by atoms with Crippen LogP contribution in [0.5, 0.6) is 0 Å². The van der Waals surface area contributed by atoms with Gasteiger partial charge in [0.15, 0.2) is 0 Å². The van der Waals surface area contributed by atoms with Crippen molar-refractivity contribution < 1.29 is 0 Å². The Kier molecular flexibility index (Phi) is 5.70. The fourth-order valence-corrected chi connectivity index (χ4v) is 1.22. The third-order valence-electron chi connectivity index (χ3n) is 2.36. The maximum atomic E-state index is 8.92. The first-order valence-electron chi connectivity index (χ1n) is 5.61. The van der Waals surface area contributed by atoms with Gasteiger partial charge in [-0.1, -0.05) is 45.0 Å². The lowest BCUT2D eigenvalue weighted by Crippen LogP contribution is -2.13. The van der Waals surface area contributed by atoms with Crippen molar-refractivity contribution in [2.24, 2.45) is 0 Å². The van der Waals surface area contributed by atoms with Crippen LogP contribution >= 0.6 is 0 Å². The van der Waals surface area contributed by atoms with E-state index in [1.807, 2.05) is 39.8 Å². The lowest BCUT2D eigenvalue weighted by molar-refractivity contribution is 0.686. The van der Waals surface area contributed by atoms with E-state index < -0.39 is 0 Å². The molecule has 0 aromatic heterocycles. The first kappa shape index (κ1) is 13.7. The van der Waals surface area contributed by atoms with Gasteiger partial charge < -0.3 is 0 Å². The molecular weight excluding hydrogens is 182 g/mol. The lowest BCUT2D eigenvalue weighted by Gasteiger charge is -2.15. The molecule has 0 unspecified atom stereocenters. The molecule has 1 aromatic rings. The van der Waals surface area contributed by atoms with Crippen LogP contribution in [0.25, 0.3) is 0 Å². The van der Waals surface area contributed by atoms with Crippen molar-refractivity contribution in [3.63, 3.8) is 0 Å². The monoisotopic (exact) mass is 203 g/mol. The number of aryl methyl sites for hydroxylation is 1. The van der Waals surface area contributed by atoms with Crippen LogP contribution in [0.2, 0.25) is 0 Å². The Hall–Kier alpha value is -1.29. The second-order valence-corrected chi connectivity index (χ2v) is 3.79. The molecule has 0 spiro atoms. The molecule has 1 aromatic carbocycles. The van der Waals surface area contributed by atoms with Crippen molar-refractivity contribution in [2.45, 2.75) is 46.5 Å². The molecule has 82 valence electrons. The van der Waals surface area contributed by atoms with Gasteiger partial charge in [-0.25, -0.2) is 0 Å². The zero-order valence-corrected chi connectivity index (χ0v) is 10.5. The Morgan fingerprint density at radius 1 is 1.13 bits per heavy atom. The van der Waals surface area contributed by atoms with Gasteiger partial charge in [-0.05, 0) is 31.4 Å². The Morgan fingerprint density at radius 3 is 1.93 bits per heavy atom. The van der Waals surface area contributed by atoms with Crippen molar-refractivity contribution in [1.82, 2.24) is 0 Å². The molecule has 0 aliphatic rings. The number of rotatable bonds is 2. The number of hydrogen-bond donors (Lipinski definition) is 0. The van der Waals surface area contributed by atoms with Crippen molar-refractivity contribution in [1.29, 1.82) is 5.26 Å². The molecule has 15 heavy (non-hydrogen) atoms. The van der Waals surface area contributed by atoms with E-state index in [1.165, 1.54) is 5.56 Å². The molecule has 0 radical (unpaired) electrons. The van der Waals surface area contributed by atoms with Gasteiger partial charge in [0.1, 0.15) is 0 Å². The van der Waals surface area contributed by atoms with Crippen LogP contribution in [-0.4, -0.2) is 0 Å². The van der Waals surface area contributed by atoms with Gasteiger partial charge in [0.05, 0.1) is 11.5 Å². The highest BCUT2D eigenvalue weighted by atomic mass is 14.3. The highest BCUT2D eigenvalue weighted by molar-refractivity contribution is 5.32. The maximum absolute atomic E-state index is 8.92. The van der Waals surface area contributed by atoms with Crippen LogP contribution in [-0.2, 0) is 11.8 Å². The first-order chi connectivity index (χ1) is 7.10. The number of benzene rings is 1. The lowest BCUT2D eigenvalue weighted by atomic mass is 9.86. The quantitative estimate of drug-likeness (QED) is 0.710. The maximum Gasteiger partial charge on any atom is 0.0766 e. The predicted octanol–water partition coefficient (Wildman–Crippen LogP) is 4.08. The van der Waals surface area contributed by atoms with Crippen molar-refractivity contribution in [3.8, 4) is 6.07 Å². The third kappa shape index (κ3) is 3.75.